The van der Waals surface area contributed by atoms with Crippen molar-refractivity contribution in [1.29, 1.82) is 0 Å². The van der Waals surface area contributed by atoms with E-state index in [1.54, 1.807) is 12.1 Å². The van der Waals surface area contributed by atoms with Crippen molar-refractivity contribution >= 4 is 23.2 Å². The molecule has 2 heterocycles. The van der Waals surface area contributed by atoms with E-state index in [0.717, 1.165) is 31.6 Å². The summed E-state index contributed by atoms with van der Waals surface area (Å²) in [5.41, 5.74) is 6.64. The van der Waals surface area contributed by atoms with Crippen LogP contribution in [-0.4, -0.2) is 47.2 Å². The fourth-order valence-corrected chi connectivity index (χ4v) is 3.32. The number of anilines is 2. The van der Waals surface area contributed by atoms with Crippen LogP contribution in [0.2, 0.25) is 0 Å². The molecular weight excluding hydrogens is 288 g/mol. The van der Waals surface area contributed by atoms with Crippen molar-refractivity contribution in [1.82, 2.24) is 4.90 Å². The van der Waals surface area contributed by atoms with Gasteiger partial charge in [0.15, 0.2) is 0 Å². The van der Waals surface area contributed by atoms with Crippen molar-refractivity contribution in [3.05, 3.63) is 28.3 Å². The lowest BCUT2D eigenvalue weighted by Crippen LogP contribution is -2.60. The third-order valence-corrected chi connectivity index (χ3v) is 4.72. The quantitative estimate of drug-likeness (QED) is 0.489. The van der Waals surface area contributed by atoms with E-state index in [2.05, 4.69) is 4.90 Å². The van der Waals surface area contributed by atoms with Crippen molar-refractivity contribution in [2.45, 2.75) is 12.8 Å². The Labute approximate surface area is 127 Å². The topological polar surface area (TPSA) is 113 Å². The van der Waals surface area contributed by atoms with Gasteiger partial charge in [-0.1, -0.05) is 0 Å². The molecule has 8 nitrogen and oxygen atoms in total. The highest BCUT2D eigenvalue weighted by Crippen LogP contribution is 2.43. The second-order valence-corrected chi connectivity index (χ2v) is 6.13. The molecule has 1 spiro atoms. The van der Waals surface area contributed by atoms with Crippen molar-refractivity contribution in [3.63, 3.8) is 0 Å². The van der Waals surface area contributed by atoms with Crippen LogP contribution < -0.4 is 10.6 Å². The van der Waals surface area contributed by atoms with Crippen LogP contribution in [0.4, 0.5) is 21.9 Å². The van der Waals surface area contributed by atoms with Gasteiger partial charge in [-0.05, 0) is 25.0 Å². The Kier molecular flexibility index (Phi) is 3.31. The number of benzene rings is 1. The summed E-state index contributed by atoms with van der Waals surface area (Å²) in [4.78, 5) is 24.9. The predicted octanol–water partition coefficient (Wildman–Crippen LogP) is 1.76. The van der Waals surface area contributed by atoms with E-state index in [4.69, 9.17) is 10.8 Å². The summed E-state index contributed by atoms with van der Waals surface area (Å²) in [5, 5.41) is 19.9. The van der Waals surface area contributed by atoms with Crippen molar-refractivity contribution in [3.8, 4) is 0 Å². The Bertz CT molecular complexity index is 617. The van der Waals surface area contributed by atoms with Crippen molar-refractivity contribution < 1.29 is 14.8 Å². The number of rotatable bonds is 2. The summed E-state index contributed by atoms with van der Waals surface area (Å²) in [5.74, 6) is 0. The number of hydrogen-bond donors (Lipinski definition) is 2. The highest BCUT2D eigenvalue weighted by atomic mass is 16.6. The molecule has 0 aliphatic carbocycles. The number of hydrogen-bond acceptors (Lipinski definition) is 5. The van der Waals surface area contributed by atoms with Gasteiger partial charge in [0.05, 0.1) is 4.92 Å². The van der Waals surface area contributed by atoms with Gasteiger partial charge in [0.25, 0.3) is 5.69 Å². The number of nitro groups is 1. The van der Waals surface area contributed by atoms with Gasteiger partial charge in [-0.3, -0.25) is 10.1 Å². The van der Waals surface area contributed by atoms with E-state index in [1.165, 1.54) is 11.0 Å². The van der Waals surface area contributed by atoms with E-state index < -0.39 is 11.0 Å². The van der Waals surface area contributed by atoms with Gasteiger partial charge >= 0.3 is 6.09 Å². The van der Waals surface area contributed by atoms with Gasteiger partial charge < -0.3 is 20.6 Å². The average Bonchev–Trinajstić information content (AvgIpc) is 2.45. The molecule has 0 bridgehead atoms. The Hall–Kier alpha value is -2.51. The molecule has 1 aromatic rings. The fourth-order valence-electron chi connectivity index (χ4n) is 3.32. The van der Waals surface area contributed by atoms with Crippen LogP contribution in [0.1, 0.15) is 12.8 Å². The van der Waals surface area contributed by atoms with Crippen molar-refractivity contribution in [2.24, 2.45) is 5.41 Å². The minimum absolute atomic E-state index is 0.0702. The Morgan fingerprint density at radius 2 is 1.95 bits per heavy atom. The number of nitrogens with two attached hydrogens (primary N) is 1. The van der Waals surface area contributed by atoms with Crippen LogP contribution in [0.15, 0.2) is 18.2 Å². The monoisotopic (exact) mass is 306 g/mol. The molecule has 0 aromatic heterocycles. The first kappa shape index (κ1) is 14.4. The number of nitrogens with zero attached hydrogens (tertiary/aromatic N) is 3. The molecule has 8 heteroatoms. The molecule has 3 rings (SSSR count). The second-order valence-electron chi connectivity index (χ2n) is 6.13. The van der Waals surface area contributed by atoms with E-state index >= 15 is 0 Å². The Morgan fingerprint density at radius 3 is 2.50 bits per heavy atom. The summed E-state index contributed by atoms with van der Waals surface area (Å²) >= 11 is 0. The molecule has 2 aliphatic rings. The molecule has 1 aromatic carbocycles. The molecule has 118 valence electrons. The molecule has 0 radical (unpaired) electrons. The number of piperidine rings is 1. The van der Waals surface area contributed by atoms with Crippen LogP contribution in [0, 0.1) is 15.5 Å². The molecule has 1 amide bonds. The van der Waals surface area contributed by atoms with Gasteiger partial charge in [-0.2, -0.15) is 0 Å². The van der Waals surface area contributed by atoms with Gasteiger partial charge in [0, 0.05) is 43.3 Å². The first-order valence-corrected chi connectivity index (χ1v) is 7.17. The van der Waals surface area contributed by atoms with Crippen LogP contribution in [0.5, 0.6) is 0 Å². The summed E-state index contributed by atoms with van der Waals surface area (Å²) in [6.07, 6.45) is 0.819. The standard InChI is InChI=1S/C14H18N4O4/c15-11-2-1-10(7-12(11)18(21)22)17-8-14(9-17)3-5-16(6-4-14)13(19)20/h1-2,7H,3-6,8-9,15H2,(H,19,20). The number of nitrogen functional groups attached to an aromatic ring is 1. The molecule has 2 fully saturated rings. The minimum Gasteiger partial charge on any atom is -0.465 e. The molecule has 3 N–H and O–H groups in total. The zero-order valence-electron chi connectivity index (χ0n) is 12.1. The van der Waals surface area contributed by atoms with Gasteiger partial charge in [-0.15, -0.1) is 0 Å². The SMILES string of the molecule is Nc1ccc(N2CC3(CCN(C(=O)O)CC3)C2)cc1[N+](=O)[O-]. The second kappa shape index (κ2) is 5.04. The predicted molar refractivity (Wildman–Crippen MR) is 81.0 cm³/mol. The Balaban J connectivity index is 1.65. The van der Waals surface area contributed by atoms with Crippen LogP contribution in [0.3, 0.4) is 0 Å². The van der Waals surface area contributed by atoms with Crippen LogP contribution >= 0.6 is 0 Å². The normalized spacial score (nSPS) is 19.8. The zero-order chi connectivity index (χ0) is 15.9. The lowest BCUT2D eigenvalue weighted by atomic mass is 9.72. The molecule has 0 atom stereocenters. The first-order valence-electron chi connectivity index (χ1n) is 7.17. The maximum Gasteiger partial charge on any atom is 0.407 e. The fraction of sp³-hybridized carbons (Fsp3) is 0.500. The third-order valence-electron chi connectivity index (χ3n) is 4.72. The number of carboxylic acid groups (broad SMARTS) is 1. The van der Waals surface area contributed by atoms with Crippen LogP contribution in [-0.2, 0) is 0 Å². The number of likely N-dealkylation sites (tertiary alicyclic amines) is 1. The van der Waals surface area contributed by atoms with Gasteiger partial charge in [0.1, 0.15) is 5.69 Å². The molecule has 2 aliphatic heterocycles. The number of carbonyl (C=O) groups is 1. The summed E-state index contributed by atoms with van der Waals surface area (Å²) < 4.78 is 0. The van der Waals surface area contributed by atoms with Gasteiger partial charge in [0.2, 0.25) is 0 Å². The highest BCUT2D eigenvalue weighted by Gasteiger charge is 2.45. The summed E-state index contributed by atoms with van der Waals surface area (Å²) in [6, 6.07) is 4.86. The maximum absolute atomic E-state index is 10.9. The lowest BCUT2D eigenvalue weighted by molar-refractivity contribution is -0.383. The zero-order valence-corrected chi connectivity index (χ0v) is 12.1. The minimum atomic E-state index is -0.861. The van der Waals surface area contributed by atoms with Crippen LogP contribution in [0.25, 0.3) is 0 Å². The largest absolute Gasteiger partial charge is 0.465 e. The number of nitro benzene ring substituents is 1. The molecule has 2 saturated heterocycles. The summed E-state index contributed by atoms with van der Waals surface area (Å²) in [7, 11) is 0. The third kappa shape index (κ3) is 2.40. The highest BCUT2D eigenvalue weighted by molar-refractivity contribution is 5.67. The molecular formula is C14H18N4O4. The summed E-state index contributed by atoms with van der Waals surface area (Å²) in [6.45, 7) is 2.74. The first-order chi connectivity index (χ1) is 10.4. The average molecular weight is 306 g/mol. The van der Waals surface area contributed by atoms with Crippen molar-refractivity contribution in [2.75, 3.05) is 36.8 Å². The Morgan fingerprint density at radius 1 is 1.32 bits per heavy atom. The van der Waals surface area contributed by atoms with E-state index in [9.17, 15) is 14.9 Å². The lowest BCUT2D eigenvalue weighted by Gasteiger charge is -2.54. The molecule has 0 saturated carbocycles. The molecule has 22 heavy (non-hydrogen) atoms. The maximum atomic E-state index is 10.9. The van der Waals surface area contributed by atoms with E-state index in [-0.39, 0.29) is 16.8 Å². The smallest absolute Gasteiger partial charge is 0.407 e. The van der Waals surface area contributed by atoms with E-state index in [1.807, 2.05) is 0 Å². The van der Waals surface area contributed by atoms with Gasteiger partial charge in [-0.25, -0.2) is 4.79 Å². The molecule has 0 unspecified atom stereocenters. The number of amides is 1. The van der Waals surface area contributed by atoms with E-state index in [0.29, 0.717) is 13.1 Å².